The minimum atomic E-state index is -1.29. The van der Waals surface area contributed by atoms with E-state index in [9.17, 15) is 24.0 Å². The molecule has 2 aliphatic rings. The molecular formula is C27H41ClO14. The second-order valence-corrected chi connectivity index (χ2v) is 10.5. The highest BCUT2D eigenvalue weighted by Gasteiger charge is 2.53. The quantitative estimate of drug-likeness (QED) is 0.125. The first-order chi connectivity index (χ1) is 19.7. The number of carbonyl (C=O) groups excluding carboxylic acids is 5. The van der Waals surface area contributed by atoms with E-state index in [4.69, 9.17) is 54.2 Å². The van der Waals surface area contributed by atoms with Crippen molar-refractivity contribution in [2.75, 3.05) is 25.7 Å². The highest BCUT2D eigenvalue weighted by molar-refractivity contribution is 6.17. The fraction of sp³-hybridized carbons (Fsp3) is 0.815. The fourth-order valence-electron chi connectivity index (χ4n) is 4.82. The summed E-state index contributed by atoms with van der Waals surface area (Å²) < 4.78 is 51.3. The van der Waals surface area contributed by atoms with Gasteiger partial charge in [0.25, 0.3) is 0 Å². The van der Waals surface area contributed by atoms with Crippen LogP contribution in [0.5, 0.6) is 0 Å². The van der Waals surface area contributed by atoms with Gasteiger partial charge in [0.05, 0.1) is 12.7 Å². The van der Waals surface area contributed by atoms with E-state index in [0.29, 0.717) is 12.3 Å². The van der Waals surface area contributed by atoms with Gasteiger partial charge in [-0.1, -0.05) is 13.8 Å². The molecule has 2 fully saturated rings. The predicted octanol–water partition coefficient (Wildman–Crippen LogP) is 1.66. The van der Waals surface area contributed by atoms with Crippen LogP contribution in [-0.2, 0) is 66.6 Å². The molecule has 0 radical (unpaired) electrons. The number of ether oxygens (including phenoxy) is 9. The third-order valence-corrected chi connectivity index (χ3v) is 6.89. The number of hydrogen-bond acceptors (Lipinski definition) is 14. The van der Waals surface area contributed by atoms with E-state index in [-0.39, 0.29) is 19.8 Å². The van der Waals surface area contributed by atoms with Gasteiger partial charge in [-0.15, -0.1) is 11.6 Å². The Kier molecular flexibility index (Phi) is 14.4. The maximum absolute atomic E-state index is 12.1. The second-order valence-electron chi connectivity index (χ2n) is 10.1. The lowest BCUT2D eigenvalue weighted by Gasteiger charge is -2.48. The molecule has 0 bridgehead atoms. The Morgan fingerprint density at radius 1 is 0.619 bits per heavy atom. The molecule has 15 heteroatoms. The zero-order valence-corrected chi connectivity index (χ0v) is 25.7. The van der Waals surface area contributed by atoms with Crippen molar-refractivity contribution in [3.8, 4) is 0 Å². The van der Waals surface area contributed by atoms with Crippen LogP contribution >= 0.6 is 11.6 Å². The van der Waals surface area contributed by atoms with Crippen molar-refractivity contribution >= 4 is 41.4 Å². The van der Waals surface area contributed by atoms with Crippen molar-refractivity contribution in [3.63, 3.8) is 0 Å². The third-order valence-electron chi connectivity index (χ3n) is 6.62. The molecule has 0 amide bonds. The molecule has 0 aliphatic carbocycles. The second kappa shape index (κ2) is 16.9. The van der Waals surface area contributed by atoms with Crippen LogP contribution in [0.2, 0.25) is 0 Å². The van der Waals surface area contributed by atoms with Crippen molar-refractivity contribution in [1.29, 1.82) is 0 Å². The Hall–Kier alpha value is -2.52. The first-order valence-corrected chi connectivity index (χ1v) is 14.2. The zero-order chi connectivity index (χ0) is 31.6. The maximum Gasteiger partial charge on any atom is 0.303 e. The minimum absolute atomic E-state index is 0.206. The molecule has 2 rings (SSSR count). The Balaban J connectivity index is 2.45. The predicted molar refractivity (Wildman–Crippen MR) is 142 cm³/mol. The van der Waals surface area contributed by atoms with Gasteiger partial charge in [0, 0.05) is 52.3 Å². The molecule has 0 saturated carbocycles. The molecule has 2 saturated heterocycles. The van der Waals surface area contributed by atoms with Gasteiger partial charge in [-0.3, -0.25) is 24.0 Å². The van der Waals surface area contributed by atoms with Crippen LogP contribution in [-0.4, -0.2) is 105 Å². The van der Waals surface area contributed by atoms with Crippen LogP contribution in [0.3, 0.4) is 0 Å². The van der Waals surface area contributed by atoms with Crippen LogP contribution in [0.1, 0.15) is 54.9 Å². The van der Waals surface area contributed by atoms with Crippen molar-refractivity contribution < 1.29 is 66.6 Å². The number of halogens is 1. The SMILES string of the molecule is CC(=O)OCC1O[C@@H](O[C@H]2C(C)C(OC(C)=O)[C@H](OCCCCl)O[C@H]2COC(C)=O)[C@@H](OC(C)=O)C(C)[C@H]1OC(C)=O. The van der Waals surface area contributed by atoms with Gasteiger partial charge in [0.1, 0.15) is 31.5 Å². The molecule has 14 nitrogen and oxygen atoms in total. The summed E-state index contributed by atoms with van der Waals surface area (Å²) in [6.07, 6.45) is -7.72. The lowest BCUT2D eigenvalue weighted by molar-refractivity contribution is -0.348. The third kappa shape index (κ3) is 10.6. The molecular weight excluding hydrogens is 584 g/mol. The lowest BCUT2D eigenvalue weighted by atomic mass is 9.88. The Bertz CT molecular complexity index is 940. The summed E-state index contributed by atoms with van der Waals surface area (Å²) in [4.78, 5) is 59.2. The van der Waals surface area contributed by atoms with E-state index in [0.717, 1.165) is 0 Å². The molecule has 0 aromatic carbocycles. The number of carbonyl (C=O) groups is 5. The van der Waals surface area contributed by atoms with Crippen molar-refractivity contribution in [1.82, 2.24) is 0 Å². The first-order valence-electron chi connectivity index (χ1n) is 13.7. The molecule has 42 heavy (non-hydrogen) atoms. The number of hydrogen-bond donors (Lipinski definition) is 0. The standard InChI is InChI=1S/C27H41ClO14/c1-13-22(37-17(5)31)20(11-35-15(3)29)41-27(25(13)39-19(7)33)42-23-14(2)24(38-18(6)32)26(34-10-8-9-28)40-21(23)12-36-16(4)30/h13-14,20-27H,8-12H2,1-7H3/t13?,14?,20?,21-,22+,23-,24?,25-,26+,27-/m0/s1. The van der Waals surface area contributed by atoms with Crippen LogP contribution < -0.4 is 0 Å². The maximum atomic E-state index is 12.1. The summed E-state index contributed by atoms with van der Waals surface area (Å²) in [6, 6.07) is 0. The minimum Gasteiger partial charge on any atom is -0.463 e. The van der Waals surface area contributed by atoms with Gasteiger partial charge in [-0.25, -0.2) is 0 Å². The lowest BCUT2D eigenvalue weighted by Crippen LogP contribution is -2.62. The summed E-state index contributed by atoms with van der Waals surface area (Å²) in [5, 5.41) is 0. The molecule has 2 heterocycles. The highest BCUT2D eigenvalue weighted by Crippen LogP contribution is 2.37. The van der Waals surface area contributed by atoms with E-state index in [1.807, 2.05) is 0 Å². The summed E-state index contributed by atoms with van der Waals surface area (Å²) in [6.45, 7) is 9.15. The van der Waals surface area contributed by atoms with Gasteiger partial charge in [0.2, 0.25) is 0 Å². The topological polar surface area (TPSA) is 168 Å². The van der Waals surface area contributed by atoms with E-state index >= 15 is 0 Å². The first kappa shape index (κ1) is 35.7. The van der Waals surface area contributed by atoms with Crippen molar-refractivity contribution in [2.45, 2.75) is 104 Å². The Morgan fingerprint density at radius 3 is 1.52 bits per heavy atom. The van der Waals surface area contributed by atoms with E-state index in [1.165, 1.54) is 34.6 Å². The number of alkyl halides is 1. The average molecular weight is 625 g/mol. The molecule has 240 valence electrons. The highest BCUT2D eigenvalue weighted by atomic mass is 35.5. The smallest absolute Gasteiger partial charge is 0.303 e. The van der Waals surface area contributed by atoms with E-state index in [1.54, 1.807) is 13.8 Å². The van der Waals surface area contributed by atoms with Crippen molar-refractivity contribution in [3.05, 3.63) is 0 Å². The molecule has 2 aliphatic heterocycles. The molecule has 0 aromatic heterocycles. The van der Waals surface area contributed by atoms with Gasteiger partial charge in [-0.2, -0.15) is 0 Å². The summed E-state index contributed by atoms with van der Waals surface area (Å²) in [5.41, 5.74) is 0. The number of rotatable bonds is 13. The van der Waals surface area contributed by atoms with Crippen LogP contribution in [0.15, 0.2) is 0 Å². The fourth-order valence-corrected chi connectivity index (χ4v) is 4.93. The van der Waals surface area contributed by atoms with E-state index < -0.39 is 90.9 Å². The molecule has 10 atom stereocenters. The molecule has 0 aromatic rings. The monoisotopic (exact) mass is 624 g/mol. The summed E-state index contributed by atoms with van der Waals surface area (Å²) in [5.74, 6) is -4.00. The normalized spacial score (nSPS) is 32.8. The van der Waals surface area contributed by atoms with Gasteiger partial charge in [-0.05, 0) is 6.42 Å². The van der Waals surface area contributed by atoms with Crippen LogP contribution in [0, 0.1) is 11.8 Å². The van der Waals surface area contributed by atoms with Crippen LogP contribution in [0.25, 0.3) is 0 Å². The number of esters is 5. The van der Waals surface area contributed by atoms with Gasteiger partial charge >= 0.3 is 29.8 Å². The zero-order valence-electron chi connectivity index (χ0n) is 24.9. The summed E-state index contributed by atoms with van der Waals surface area (Å²) in [7, 11) is 0. The molecule has 0 spiro atoms. The summed E-state index contributed by atoms with van der Waals surface area (Å²) >= 11 is 5.78. The van der Waals surface area contributed by atoms with Gasteiger partial charge in [0.15, 0.2) is 24.8 Å². The molecule has 0 N–H and O–H groups in total. The molecule has 4 unspecified atom stereocenters. The largest absolute Gasteiger partial charge is 0.463 e. The van der Waals surface area contributed by atoms with Crippen molar-refractivity contribution in [2.24, 2.45) is 11.8 Å². The Morgan fingerprint density at radius 2 is 1.05 bits per heavy atom. The van der Waals surface area contributed by atoms with E-state index in [2.05, 4.69) is 0 Å². The average Bonchev–Trinajstić information content (AvgIpc) is 2.88. The Labute approximate surface area is 249 Å². The van der Waals surface area contributed by atoms with Gasteiger partial charge < -0.3 is 42.6 Å². The van der Waals surface area contributed by atoms with Crippen LogP contribution in [0.4, 0.5) is 0 Å².